The number of hydrogen-bond donors (Lipinski definition) is 1. The van der Waals surface area contributed by atoms with Gasteiger partial charge in [-0.05, 0) is 12.8 Å². The molecule has 0 aromatic carbocycles. The zero-order valence-electron chi connectivity index (χ0n) is 7.44. The van der Waals surface area contributed by atoms with Gasteiger partial charge in [-0.1, -0.05) is 26.1 Å². The van der Waals surface area contributed by atoms with E-state index in [1.165, 1.54) is 0 Å². The molecule has 0 fully saturated rings. The SMILES string of the molecule is CC(C)C(C#N)C(C)O[PH](=O)S. The lowest BCUT2D eigenvalue weighted by atomic mass is 9.93. The summed E-state index contributed by atoms with van der Waals surface area (Å²) in [5, 5.41) is 8.73. The maximum Gasteiger partial charge on any atom is 0.243 e. The third kappa shape index (κ3) is 4.15. The van der Waals surface area contributed by atoms with Gasteiger partial charge in [-0.25, -0.2) is 0 Å². The molecule has 0 aliphatic heterocycles. The van der Waals surface area contributed by atoms with E-state index in [9.17, 15) is 4.57 Å². The molecule has 0 amide bonds. The lowest BCUT2D eigenvalue weighted by molar-refractivity contribution is 0.168. The fourth-order valence-corrected chi connectivity index (χ4v) is 1.99. The van der Waals surface area contributed by atoms with Gasteiger partial charge in [0.05, 0.1) is 18.1 Å². The van der Waals surface area contributed by atoms with Crippen LogP contribution >= 0.6 is 19.5 Å². The number of nitrogens with zero attached hydrogens (tertiary/aromatic N) is 1. The highest BCUT2D eigenvalue weighted by molar-refractivity contribution is 8.39. The molecule has 0 aromatic heterocycles. The standard InChI is InChI=1S/C7H14NO2PS/c1-5(2)7(4-8)6(3)10-11(9)12/h5-7,11H,1-3H3,(H,9,12). The second kappa shape index (κ2) is 5.64. The number of rotatable bonds is 4. The van der Waals surface area contributed by atoms with E-state index in [1.54, 1.807) is 6.92 Å². The second-order valence-electron chi connectivity index (χ2n) is 2.99. The molecule has 0 heterocycles. The van der Waals surface area contributed by atoms with Crippen molar-refractivity contribution in [2.75, 3.05) is 0 Å². The van der Waals surface area contributed by atoms with Crippen molar-refractivity contribution in [2.45, 2.75) is 26.9 Å². The Labute approximate surface area is 79.1 Å². The third-order valence-corrected chi connectivity index (χ3v) is 2.55. The van der Waals surface area contributed by atoms with Crippen LogP contribution in [-0.4, -0.2) is 6.10 Å². The maximum atomic E-state index is 10.6. The van der Waals surface area contributed by atoms with Crippen LogP contribution in [0, 0.1) is 23.2 Å². The largest absolute Gasteiger partial charge is 0.319 e. The molecule has 0 aliphatic rings. The Morgan fingerprint density at radius 1 is 1.50 bits per heavy atom. The van der Waals surface area contributed by atoms with Crippen LogP contribution in [0.2, 0.25) is 0 Å². The Hall–Kier alpha value is 0.0300. The van der Waals surface area contributed by atoms with Gasteiger partial charge in [-0.2, -0.15) is 5.26 Å². The molecule has 0 aromatic rings. The van der Waals surface area contributed by atoms with E-state index in [0.29, 0.717) is 0 Å². The highest BCUT2D eigenvalue weighted by atomic mass is 32.7. The van der Waals surface area contributed by atoms with Crippen molar-refractivity contribution in [2.24, 2.45) is 11.8 Å². The molecular weight excluding hydrogens is 193 g/mol. The summed E-state index contributed by atoms with van der Waals surface area (Å²) in [5.41, 5.74) is 0. The normalized spacial score (nSPS) is 18.3. The molecule has 0 aliphatic carbocycles. The smallest absolute Gasteiger partial charge is 0.243 e. The van der Waals surface area contributed by atoms with E-state index in [1.807, 2.05) is 13.8 Å². The van der Waals surface area contributed by atoms with Crippen LogP contribution in [0.4, 0.5) is 0 Å². The van der Waals surface area contributed by atoms with Gasteiger partial charge in [0.2, 0.25) is 7.23 Å². The second-order valence-corrected chi connectivity index (χ2v) is 4.85. The molecule has 3 atom stereocenters. The van der Waals surface area contributed by atoms with Gasteiger partial charge in [0.15, 0.2) is 0 Å². The Kier molecular flexibility index (Phi) is 5.65. The third-order valence-electron chi connectivity index (χ3n) is 1.66. The monoisotopic (exact) mass is 207 g/mol. The van der Waals surface area contributed by atoms with E-state index in [0.717, 1.165) is 0 Å². The van der Waals surface area contributed by atoms with Gasteiger partial charge in [-0.15, -0.1) is 0 Å². The average Bonchev–Trinajstić information content (AvgIpc) is 1.85. The molecule has 5 heteroatoms. The summed E-state index contributed by atoms with van der Waals surface area (Å²) >= 11 is 3.65. The summed E-state index contributed by atoms with van der Waals surface area (Å²) in [6.45, 7) is 5.61. The average molecular weight is 207 g/mol. The molecule has 12 heavy (non-hydrogen) atoms. The number of nitriles is 1. The van der Waals surface area contributed by atoms with Crippen molar-refractivity contribution >= 4 is 19.5 Å². The van der Waals surface area contributed by atoms with E-state index >= 15 is 0 Å². The minimum absolute atomic E-state index is 0.208. The first-order valence-corrected chi connectivity index (χ1v) is 6.38. The van der Waals surface area contributed by atoms with Crippen LogP contribution in [-0.2, 0) is 9.09 Å². The quantitative estimate of drug-likeness (QED) is 0.569. The van der Waals surface area contributed by atoms with Gasteiger partial charge >= 0.3 is 0 Å². The molecule has 3 nitrogen and oxygen atoms in total. The predicted molar refractivity (Wildman–Crippen MR) is 52.5 cm³/mol. The molecule has 0 saturated heterocycles. The highest BCUT2D eigenvalue weighted by Gasteiger charge is 2.21. The molecule has 3 unspecified atom stereocenters. The summed E-state index contributed by atoms with van der Waals surface area (Å²) < 4.78 is 15.6. The van der Waals surface area contributed by atoms with Gasteiger partial charge in [0, 0.05) is 0 Å². The van der Waals surface area contributed by atoms with Crippen molar-refractivity contribution in [1.29, 1.82) is 5.26 Å². The van der Waals surface area contributed by atoms with Crippen molar-refractivity contribution in [1.82, 2.24) is 0 Å². The summed E-state index contributed by atoms with van der Waals surface area (Å²) in [6.07, 6.45) is -0.307. The van der Waals surface area contributed by atoms with Crippen LogP contribution in [0.5, 0.6) is 0 Å². The van der Waals surface area contributed by atoms with Crippen molar-refractivity contribution in [3.8, 4) is 6.07 Å². The molecule has 0 radical (unpaired) electrons. The summed E-state index contributed by atoms with van der Waals surface area (Å²) in [4.78, 5) is 0. The summed E-state index contributed by atoms with van der Waals surface area (Å²) in [7, 11) is -2.23. The van der Waals surface area contributed by atoms with Crippen LogP contribution in [0.3, 0.4) is 0 Å². The van der Waals surface area contributed by atoms with E-state index in [4.69, 9.17) is 9.79 Å². The van der Waals surface area contributed by atoms with E-state index in [-0.39, 0.29) is 17.9 Å². The lowest BCUT2D eigenvalue weighted by Crippen LogP contribution is -2.21. The van der Waals surface area contributed by atoms with E-state index < -0.39 is 7.23 Å². The molecule has 70 valence electrons. The van der Waals surface area contributed by atoms with Crippen LogP contribution in [0.25, 0.3) is 0 Å². The Morgan fingerprint density at radius 2 is 2.00 bits per heavy atom. The zero-order chi connectivity index (χ0) is 9.72. The van der Waals surface area contributed by atoms with Gasteiger partial charge < -0.3 is 4.52 Å². The van der Waals surface area contributed by atoms with Gasteiger partial charge in [0.1, 0.15) is 0 Å². The number of thiol groups is 1. The highest BCUT2D eigenvalue weighted by Crippen LogP contribution is 2.32. The van der Waals surface area contributed by atoms with Gasteiger partial charge in [-0.3, -0.25) is 4.57 Å². The van der Waals surface area contributed by atoms with E-state index in [2.05, 4.69) is 18.3 Å². The Morgan fingerprint density at radius 3 is 2.25 bits per heavy atom. The zero-order valence-corrected chi connectivity index (χ0v) is 9.34. The molecule has 0 saturated carbocycles. The fourth-order valence-electron chi connectivity index (χ4n) is 1.03. The van der Waals surface area contributed by atoms with Crippen molar-refractivity contribution in [3.63, 3.8) is 0 Å². The topological polar surface area (TPSA) is 50.1 Å². The molecule has 0 N–H and O–H groups in total. The maximum absolute atomic E-state index is 10.6. The first-order valence-electron chi connectivity index (χ1n) is 3.78. The predicted octanol–water partition coefficient (Wildman–Crippen LogP) is 2.51. The van der Waals surface area contributed by atoms with Crippen molar-refractivity contribution < 1.29 is 9.09 Å². The molecule has 0 bridgehead atoms. The minimum atomic E-state index is -2.23. The Bertz CT molecular complexity index is 202. The minimum Gasteiger partial charge on any atom is -0.319 e. The Balaban J connectivity index is 4.14. The summed E-state index contributed by atoms with van der Waals surface area (Å²) in [6, 6.07) is 2.13. The molecular formula is C7H14NO2PS. The summed E-state index contributed by atoms with van der Waals surface area (Å²) in [5.74, 6) is -0.00853. The van der Waals surface area contributed by atoms with Crippen LogP contribution in [0.15, 0.2) is 0 Å². The fraction of sp³-hybridized carbons (Fsp3) is 0.857. The molecule has 0 rings (SSSR count). The lowest BCUT2D eigenvalue weighted by Gasteiger charge is -2.19. The van der Waals surface area contributed by atoms with Gasteiger partial charge in [0.25, 0.3) is 0 Å². The van der Waals surface area contributed by atoms with Crippen LogP contribution in [0.1, 0.15) is 20.8 Å². The van der Waals surface area contributed by atoms with Crippen LogP contribution < -0.4 is 0 Å². The number of hydrogen-bond acceptors (Lipinski definition) is 3. The van der Waals surface area contributed by atoms with Crippen molar-refractivity contribution in [3.05, 3.63) is 0 Å². The first-order chi connectivity index (χ1) is 5.49. The molecule has 0 spiro atoms. The first kappa shape index (κ1) is 12.0.